The molecule has 0 aliphatic carbocycles. The maximum absolute atomic E-state index is 11.6. The van der Waals surface area contributed by atoms with E-state index in [-0.39, 0.29) is 12.8 Å². The summed E-state index contributed by atoms with van der Waals surface area (Å²) in [7, 11) is 0. The van der Waals surface area contributed by atoms with Gasteiger partial charge < -0.3 is 14.8 Å². The highest BCUT2D eigenvalue weighted by Gasteiger charge is 2.13. The highest BCUT2D eigenvalue weighted by Crippen LogP contribution is 2.32. The van der Waals surface area contributed by atoms with Gasteiger partial charge in [0.15, 0.2) is 11.5 Å². The van der Waals surface area contributed by atoms with E-state index in [2.05, 4.69) is 10.6 Å². The Labute approximate surface area is 114 Å². The monoisotopic (exact) mass is 276 g/mol. The minimum Gasteiger partial charge on any atom is -0.454 e. The zero-order valence-electron chi connectivity index (χ0n) is 10.0. The van der Waals surface area contributed by atoms with Gasteiger partial charge in [0.05, 0.1) is 5.00 Å². The van der Waals surface area contributed by atoms with Crippen LogP contribution in [-0.4, -0.2) is 12.8 Å². The van der Waals surface area contributed by atoms with Crippen molar-refractivity contribution in [3.8, 4) is 11.5 Å². The van der Waals surface area contributed by atoms with Crippen LogP contribution in [0, 0.1) is 0 Å². The molecule has 0 atom stereocenters. The van der Waals surface area contributed by atoms with Crippen LogP contribution in [0.4, 0.5) is 9.80 Å². The number of benzene rings is 1. The van der Waals surface area contributed by atoms with E-state index in [4.69, 9.17) is 9.47 Å². The standard InChI is InChI=1S/C13H12N2O3S/c16-13(15-12-2-1-5-19-12)14-7-9-3-4-10-11(6-9)18-8-17-10/h1-6H,7-8H2,(H2,14,15,16). The fourth-order valence-corrected chi connectivity index (χ4v) is 2.35. The molecule has 6 heteroatoms. The molecule has 0 radical (unpaired) electrons. The number of fused-ring (bicyclic) bond motifs is 1. The summed E-state index contributed by atoms with van der Waals surface area (Å²) in [6.07, 6.45) is 0. The molecule has 19 heavy (non-hydrogen) atoms. The Bertz CT molecular complexity index is 584. The third-order valence-corrected chi connectivity index (χ3v) is 3.43. The van der Waals surface area contributed by atoms with Gasteiger partial charge in [0.2, 0.25) is 6.79 Å². The van der Waals surface area contributed by atoms with E-state index in [1.54, 1.807) is 0 Å². The van der Waals surface area contributed by atoms with Gasteiger partial charge in [0, 0.05) is 6.54 Å². The molecule has 1 aliphatic heterocycles. The quantitative estimate of drug-likeness (QED) is 0.906. The van der Waals surface area contributed by atoms with E-state index in [9.17, 15) is 4.79 Å². The van der Waals surface area contributed by atoms with Gasteiger partial charge in [-0.25, -0.2) is 4.79 Å². The summed E-state index contributed by atoms with van der Waals surface area (Å²) >= 11 is 1.48. The van der Waals surface area contributed by atoms with Crippen molar-refractivity contribution in [3.05, 3.63) is 41.3 Å². The van der Waals surface area contributed by atoms with Crippen LogP contribution in [0.3, 0.4) is 0 Å². The predicted molar refractivity (Wildman–Crippen MR) is 72.7 cm³/mol. The highest BCUT2D eigenvalue weighted by molar-refractivity contribution is 7.14. The largest absolute Gasteiger partial charge is 0.454 e. The van der Waals surface area contributed by atoms with Crippen LogP contribution in [0.5, 0.6) is 11.5 Å². The zero-order chi connectivity index (χ0) is 13.1. The number of thiophene rings is 1. The molecule has 98 valence electrons. The van der Waals surface area contributed by atoms with Crippen molar-refractivity contribution < 1.29 is 14.3 Å². The topological polar surface area (TPSA) is 59.6 Å². The van der Waals surface area contributed by atoms with Gasteiger partial charge >= 0.3 is 6.03 Å². The molecule has 0 bridgehead atoms. The molecular formula is C13H12N2O3S. The smallest absolute Gasteiger partial charge is 0.320 e. The third kappa shape index (κ3) is 2.79. The Hall–Kier alpha value is -2.21. The molecule has 1 aromatic heterocycles. The van der Waals surface area contributed by atoms with E-state index in [1.807, 2.05) is 35.7 Å². The molecule has 2 heterocycles. The maximum Gasteiger partial charge on any atom is 0.320 e. The van der Waals surface area contributed by atoms with E-state index >= 15 is 0 Å². The van der Waals surface area contributed by atoms with Gasteiger partial charge in [-0.1, -0.05) is 6.07 Å². The fraction of sp³-hybridized carbons (Fsp3) is 0.154. The second kappa shape index (κ2) is 5.19. The first-order chi connectivity index (χ1) is 9.31. The van der Waals surface area contributed by atoms with Gasteiger partial charge in [-0.2, -0.15) is 0 Å². The molecule has 0 unspecified atom stereocenters. The lowest BCUT2D eigenvalue weighted by molar-refractivity contribution is 0.174. The van der Waals surface area contributed by atoms with E-state index < -0.39 is 0 Å². The number of ether oxygens (including phenoxy) is 2. The number of carbonyl (C=O) groups excluding carboxylic acids is 1. The zero-order valence-corrected chi connectivity index (χ0v) is 10.8. The molecular weight excluding hydrogens is 264 g/mol. The lowest BCUT2D eigenvalue weighted by Gasteiger charge is -2.06. The van der Waals surface area contributed by atoms with Crippen LogP contribution in [0.1, 0.15) is 5.56 Å². The van der Waals surface area contributed by atoms with Crippen molar-refractivity contribution in [2.75, 3.05) is 12.1 Å². The molecule has 1 aromatic carbocycles. The Balaban J connectivity index is 1.56. The van der Waals surface area contributed by atoms with E-state index in [0.29, 0.717) is 6.54 Å². The maximum atomic E-state index is 11.6. The Kier molecular flexibility index (Phi) is 3.24. The van der Waals surface area contributed by atoms with E-state index in [1.165, 1.54) is 11.3 Å². The molecule has 1 aliphatic rings. The summed E-state index contributed by atoms with van der Waals surface area (Å²) in [5.41, 5.74) is 0.963. The first-order valence-electron chi connectivity index (χ1n) is 5.78. The molecule has 0 saturated heterocycles. The first kappa shape index (κ1) is 11.9. The average Bonchev–Trinajstić information content (AvgIpc) is 3.06. The number of amides is 2. The Morgan fingerprint density at radius 2 is 2.16 bits per heavy atom. The average molecular weight is 276 g/mol. The summed E-state index contributed by atoms with van der Waals surface area (Å²) in [5.74, 6) is 1.46. The second-order valence-electron chi connectivity index (χ2n) is 3.97. The molecule has 2 N–H and O–H groups in total. The minimum absolute atomic E-state index is 0.222. The van der Waals surface area contributed by atoms with Crippen LogP contribution in [0.2, 0.25) is 0 Å². The fourth-order valence-electron chi connectivity index (χ4n) is 1.74. The van der Waals surface area contributed by atoms with Crippen LogP contribution in [0.15, 0.2) is 35.7 Å². The van der Waals surface area contributed by atoms with Crippen molar-refractivity contribution in [1.29, 1.82) is 0 Å². The van der Waals surface area contributed by atoms with Crippen molar-refractivity contribution in [2.45, 2.75) is 6.54 Å². The van der Waals surface area contributed by atoms with Gasteiger partial charge in [-0.3, -0.25) is 5.32 Å². The molecule has 0 saturated carbocycles. The number of anilines is 1. The van der Waals surface area contributed by atoms with Crippen LogP contribution < -0.4 is 20.1 Å². The van der Waals surface area contributed by atoms with Gasteiger partial charge in [-0.15, -0.1) is 11.3 Å². The molecule has 5 nitrogen and oxygen atoms in total. The number of carbonyl (C=O) groups is 1. The second-order valence-corrected chi connectivity index (χ2v) is 4.92. The molecule has 0 fully saturated rings. The first-order valence-corrected chi connectivity index (χ1v) is 6.66. The summed E-state index contributed by atoms with van der Waals surface area (Å²) in [6.45, 7) is 0.693. The lowest BCUT2D eigenvalue weighted by atomic mass is 10.2. The van der Waals surface area contributed by atoms with Crippen LogP contribution in [-0.2, 0) is 6.54 Å². The number of rotatable bonds is 3. The number of urea groups is 1. The third-order valence-electron chi connectivity index (χ3n) is 2.65. The minimum atomic E-state index is -0.222. The normalized spacial score (nSPS) is 12.2. The number of nitrogens with one attached hydrogen (secondary N) is 2. The predicted octanol–water partition coefficient (Wildman–Crippen LogP) is 2.80. The van der Waals surface area contributed by atoms with E-state index in [0.717, 1.165) is 22.1 Å². The van der Waals surface area contributed by atoms with Crippen LogP contribution in [0.25, 0.3) is 0 Å². The Morgan fingerprint density at radius 3 is 3.00 bits per heavy atom. The van der Waals surface area contributed by atoms with Crippen molar-refractivity contribution in [1.82, 2.24) is 5.32 Å². The van der Waals surface area contributed by atoms with Gasteiger partial charge in [-0.05, 0) is 35.2 Å². The summed E-state index contributed by atoms with van der Waals surface area (Å²) in [4.78, 5) is 11.6. The van der Waals surface area contributed by atoms with Crippen LogP contribution >= 0.6 is 11.3 Å². The molecule has 2 amide bonds. The van der Waals surface area contributed by atoms with Crippen molar-refractivity contribution >= 4 is 22.4 Å². The molecule has 3 rings (SSSR count). The number of hydrogen-bond donors (Lipinski definition) is 2. The highest BCUT2D eigenvalue weighted by atomic mass is 32.1. The molecule has 2 aromatic rings. The molecule has 0 spiro atoms. The number of hydrogen-bond acceptors (Lipinski definition) is 4. The lowest BCUT2D eigenvalue weighted by Crippen LogP contribution is -2.27. The van der Waals surface area contributed by atoms with Gasteiger partial charge in [0.25, 0.3) is 0 Å². The SMILES string of the molecule is O=C(NCc1ccc2c(c1)OCO2)Nc1cccs1. The van der Waals surface area contributed by atoms with Crippen molar-refractivity contribution in [2.24, 2.45) is 0 Å². The Morgan fingerprint density at radius 1 is 1.26 bits per heavy atom. The van der Waals surface area contributed by atoms with Crippen molar-refractivity contribution in [3.63, 3.8) is 0 Å². The summed E-state index contributed by atoms with van der Waals surface area (Å²) in [6, 6.07) is 9.13. The summed E-state index contributed by atoms with van der Waals surface area (Å²) in [5, 5.41) is 8.28. The summed E-state index contributed by atoms with van der Waals surface area (Å²) < 4.78 is 10.5. The van der Waals surface area contributed by atoms with Gasteiger partial charge in [0.1, 0.15) is 0 Å².